The fourth-order valence-corrected chi connectivity index (χ4v) is 3.35. The molecule has 0 bridgehead atoms. The van der Waals surface area contributed by atoms with Crippen LogP contribution in [0.2, 0.25) is 0 Å². The van der Waals surface area contributed by atoms with E-state index in [1.54, 1.807) is 0 Å². The molecular weight excluding hydrogens is 300 g/mol. The first kappa shape index (κ1) is 14.9. The zero-order valence-corrected chi connectivity index (χ0v) is 14.4. The highest BCUT2D eigenvalue weighted by atomic mass is 79.9. The number of halogens is 1. The zero-order valence-electron chi connectivity index (χ0n) is 12.8. The molecule has 2 heteroatoms. The van der Waals surface area contributed by atoms with E-state index in [1.165, 1.54) is 24.0 Å². The van der Waals surface area contributed by atoms with Crippen molar-refractivity contribution in [2.75, 3.05) is 6.61 Å². The lowest BCUT2D eigenvalue weighted by Crippen LogP contribution is -2.33. The van der Waals surface area contributed by atoms with E-state index in [0.717, 1.165) is 23.2 Å². The van der Waals surface area contributed by atoms with Crippen LogP contribution >= 0.6 is 15.9 Å². The number of ether oxygens (including phenoxy) is 1. The second-order valence-corrected chi connectivity index (χ2v) is 7.80. The highest BCUT2D eigenvalue weighted by molar-refractivity contribution is 9.10. The van der Waals surface area contributed by atoms with Crippen LogP contribution in [0.1, 0.15) is 65.0 Å². The molecule has 0 N–H and O–H groups in total. The average molecular weight is 325 g/mol. The van der Waals surface area contributed by atoms with Gasteiger partial charge in [-0.2, -0.15) is 0 Å². The molecule has 0 saturated heterocycles. The lowest BCUT2D eigenvalue weighted by Gasteiger charge is -2.42. The monoisotopic (exact) mass is 324 g/mol. The molecule has 1 nitrogen and oxygen atoms in total. The number of benzene rings is 1. The summed E-state index contributed by atoms with van der Waals surface area (Å²) < 4.78 is 6.96. The van der Waals surface area contributed by atoms with Crippen LogP contribution in [0, 0.1) is 0 Å². The molecule has 0 fully saturated rings. The van der Waals surface area contributed by atoms with Crippen molar-refractivity contribution in [2.45, 2.75) is 64.7 Å². The van der Waals surface area contributed by atoms with Gasteiger partial charge in [0.05, 0.1) is 11.1 Å². The first-order chi connectivity index (χ1) is 8.78. The standard InChI is InChI=1S/C17H25BrO/c1-6-9-19-15-11-13-12(10-14(15)18)16(2,3)7-8-17(13,4)5/h10-11H,6-9H2,1-5H3. The molecule has 0 heterocycles. The highest BCUT2D eigenvalue weighted by Gasteiger charge is 2.37. The van der Waals surface area contributed by atoms with E-state index in [1.807, 2.05) is 0 Å². The molecule has 1 aliphatic carbocycles. The molecule has 0 atom stereocenters. The maximum absolute atomic E-state index is 5.87. The van der Waals surface area contributed by atoms with Crippen molar-refractivity contribution in [3.8, 4) is 5.75 Å². The molecule has 0 saturated carbocycles. The van der Waals surface area contributed by atoms with Crippen LogP contribution in [0.25, 0.3) is 0 Å². The fourth-order valence-electron chi connectivity index (χ4n) is 2.89. The summed E-state index contributed by atoms with van der Waals surface area (Å²) in [6, 6.07) is 4.54. The van der Waals surface area contributed by atoms with Crippen LogP contribution in [-0.4, -0.2) is 6.61 Å². The van der Waals surface area contributed by atoms with Crippen molar-refractivity contribution < 1.29 is 4.74 Å². The van der Waals surface area contributed by atoms with Crippen molar-refractivity contribution in [3.63, 3.8) is 0 Å². The Morgan fingerprint density at radius 3 is 2.11 bits per heavy atom. The third-order valence-corrected chi connectivity index (χ3v) is 4.99. The molecule has 0 unspecified atom stereocenters. The van der Waals surface area contributed by atoms with E-state index in [9.17, 15) is 0 Å². The lowest BCUT2D eigenvalue weighted by atomic mass is 9.63. The summed E-state index contributed by atoms with van der Waals surface area (Å²) in [4.78, 5) is 0. The lowest BCUT2D eigenvalue weighted by molar-refractivity contribution is 0.305. The molecule has 0 aromatic heterocycles. The van der Waals surface area contributed by atoms with Crippen LogP contribution < -0.4 is 4.74 Å². The van der Waals surface area contributed by atoms with Gasteiger partial charge >= 0.3 is 0 Å². The van der Waals surface area contributed by atoms with Crippen LogP contribution in [0.3, 0.4) is 0 Å². The van der Waals surface area contributed by atoms with E-state index in [2.05, 4.69) is 62.7 Å². The van der Waals surface area contributed by atoms with E-state index < -0.39 is 0 Å². The van der Waals surface area contributed by atoms with Crippen molar-refractivity contribution >= 4 is 15.9 Å². The molecule has 0 spiro atoms. The van der Waals surface area contributed by atoms with Gasteiger partial charge < -0.3 is 4.74 Å². The minimum absolute atomic E-state index is 0.246. The smallest absolute Gasteiger partial charge is 0.133 e. The summed E-state index contributed by atoms with van der Waals surface area (Å²) in [5, 5.41) is 0. The summed E-state index contributed by atoms with van der Waals surface area (Å²) in [5.74, 6) is 0.992. The Bertz CT molecular complexity index is 474. The summed E-state index contributed by atoms with van der Waals surface area (Å²) >= 11 is 3.67. The topological polar surface area (TPSA) is 9.23 Å². The van der Waals surface area contributed by atoms with Gasteiger partial charge in [-0.25, -0.2) is 0 Å². The predicted octanol–water partition coefficient (Wildman–Crippen LogP) is 5.59. The maximum atomic E-state index is 5.87. The number of rotatable bonds is 3. The number of hydrogen-bond acceptors (Lipinski definition) is 1. The fraction of sp³-hybridized carbons (Fsp3) is 0.647. The van der Waals surface area contributed by atoms with Gasteiger partial charge in [0.2, 0.25) is 0 Å². The Morgan fingerprint density at radius 2 is 1.58 bits per heavy atom. The van der Waals surface area contributed by atoms with E-state index >= 15 is 0 Å². The molecular formula is C17H25BrO. The molecule has 106 valence electrons. The first-order valence-corrected chi connectivity index (χ1v) is 8.04. The second kappa shape index (κ2) is 5.12. The summed E-state index contributed by atoms with van der Waals surface area (Å²) in [5.41, 5.74) is 3.43. The van der Waals surface area contributed by atoms with Gasteiger partial charge in [-0.3, -0.25) is 0 Å². The summed E-state index contributed by atoms with van der Waals surface area (Å²) in [7, 11) is 0. The van der Waals surface area contributed by atoms with Gasteiger partial charge in [0.15, 0.2) is 0 Å². The van der Waals surface area contributed by atoms with Gasteiger partial charge in [0.25, 0.3) is 0 Å². The molecule has 1 aliphatic rings. The molecule has 2 rings (SSSR count). The van der Waals surface area contributed by atoms with Crippen LogP contribution in [0.4, 0.5) is 0 Å². The summed E-state index contributed by atoms with van der Waals surface area (Å²) in [6.45, 7) is 12.3. The largest absolute Gasteiger partial charge is 0.492 e. The Hall–Kier alpha value is -0.500. The Balaban J connectivity index is 2.52. The quantitative estimate of drug-likeness (QED) is 0.704. The van der Waals surface area contributed by atoms with Gasteiger partial charge in [0.1, 0.15) is 5.75 Å². The Labute approximate surface area is 125 Å². The Morgan fingerprint density at radius 1 is 1.05 bits per heavy atom. The molecule has 1 aromatic carbocycles. The van der Waals surface area contributed by atoms with Gasteiger partial charge in [-0.15, -0.1) is 0 Å². The molecule has 0 aliphatic heterocycles. The summed E-state index contributed by atoms with van der Waals surface area (Å²) in [6.07, 6.45) is 3.52. The second-order valence-electron chi connectivity index (χ2n) is 6.94. The van der Waals surface area contributed by atoms with E-state index in [4.69, 9.17) is 4.74 Å². The molecule has 0 amide bonds. The van der Waals surface area contributed by atoms with Gasteiger partial charge in [0, 0.05) is 0 Å². The molecule has 0 radical (unpaired) electrons. The Kier molecular flexibility index (Phi) is 4.02. The average Bonchev–Trinajstić information content (AvgIpc) is 2.33. The van der Waals surface area contributed by atoms with Crippen molar-refractivity contribution in [3.05, 3.63) is 27.7 Å². The van der Waals surface area contributed by atoms with Gasteiger partial charge in [-0.1, -0.05) is 34.6 Å². The van der Waals surface area contributed by atoms with Crippen molar-refractivity contribution in [1.29, 1.82) is 0 Å². The molecule has 19 heavy (non-hydrogen) atoms. The number of hydrogen-bond donors (Lipinski definition) is 0. The SMILES string of the molecule is CCCOc1cc2c(cc1Br)C(C)(C)CCC2(C)C. The van der Waals surface area contributed by atoms with Crippen LogP contribution in [0.15, 0.2) is 16.6 Å². The normalized spacial score (nSPS) is 19.9. The van der Waals surface area contributed by atoms with Crippen LogP contribution in [-0.2, 0) is 10.8 Å². The van der Waals surface area contributed by atoms with Gasteiger partial charge in [-0.05, 0) is 69.3 Å². The third-order valence-electron chi connectivity index (χ3n) is 4.37. The van der Waals surface area contributed by atoms with E-state index in [-0.39, 0.29) is 10.8 Å². The minimum Gasteiger partial charge on any atom is -0.492 e. The molecule has 1 aromatic rings. The third kappa shape index (κ3) is 2.84. The van der Waals surface area contributed by atoms with E-state index in [0.29, 0.717) is 0 Å². The van der Waals surface area contributed by atoms with Crippen LogP contribution in [0.5, 0.6) is 5.75 Å². The predicted molar refractivity (Wildman–Crippen MR) is 85.2 cm³/mol. The number of fused-ring (bicyclic) bond motifs is 1. The van der Waals surface area contributed by atoms with Crippen molar-refractivity contribution in [2.24, 2.45) is 0 Å². The first-order valence-electron chi connectivity index (χ1n) is 7.25. The van der Waals surface area contributed by atoms with Crippen molar-refractivity contribution in [1.82, 2.24) is 0 Å². The highest BCUT2D eigenvalue weighted by Crippen LogP contribution is 2.48. The minimum atomic E-state index is 0.246. The zero-order chi connectivity index (χ0) is 14.3. The maximum Gasteiger partial charge on any atom is 0.133 e.